The Morgan fingerprint density at radius 3 is 2.61 bits per heavy atom. The van der Waals surface area contributed by atoms with Gasteiger partial charge < -0.3 is 15.7 Å². The maximum atomic E-state index is 11.9. The summed E-state index contributed by atoms with van der Waals surface area (Å²) in [5.41, 5.74) is 0.907. The van der Waals surface area contributed by atoms with Crippen LogP contribution in [0, 0.1) is 11.3 Å². The van der Waals surface area contributed by atoms with Gasteiger partial charge in [-0.25, -0.2) is 9.97 Å². The van der Waals surface area contributed by atoms with Crippen LogP contribution >= 0.6 is 0 Å². The first-order valence-electron chi connectivity index (χ1n) is 6.89. The molecule has 0 atom stereocenters. The van der Waals surface area contributed by atoms with Crippen LogP contribution in [0.25, 0.3) is 0 Å². The zero-order valence-electron chi connectivity index (χ0n) is 12.2. The van der Waals surface area contributed by atoms with E-state index < -0.39 is 5.91 Å². The van der Waals surface area contributed by atoms with Crippen molar-refractivity contribution < 1.29 is 9.90 Å². The highest BCUT2D eigenvalue weighted by Crippen LogP contribution is 2.09. The molecule has 0 aliphatic heterocycles. The molecule has 0 fully saturated rings. The number of benzene rings is 1. The summed E-state index contributed by atoms with van der Waals surface area (Å²) < 4.78 is 0. The van der Waals surface area contributed by atoms with Gasteiger partial charge in [-0.2, -0.15) is 5.26 Å². The van der Waals surface area contributed by atoms with Gasteiger partial charge in [-0.3, -0.25) is 4.79 Å². The van der Waals surface area contributed by atoms with Crippen LogP contribution in [-0.4, -0.2) is 27.5 Å². The van der Waals surface area contributed by atoms with E-state index in [1.165, 1.54) is 6.20 Å². The Kier molecular flexibility index (Phi) is 5.66. The number of aromatic nitrogens is 2. The van der Waals surface area contributed by atoms with Crippen LogP contribution in [0.2, 0.25) is 0 Å². The first kappa shape index (κ1) is 16.0. The molecule has 116 valence electrons. The van der Waals surface area contributed by atoms with Gasteiger partial charge in [0, 0.05) is 25.1 Å². The van der Waals surface area contributed by atoms with Gasteiger partial charge >= 0.3 is 0 Å². The lowest BCUT2D eigenvalue weighted by atomic mass is 10.1. The van der Waals surface area contributed by atoms with E-state index in [-0.39, 0.29) is 11.3 Å². The molecule has 2 rings (SSSR count). The van der Waals surface area contributed by atoms with E-state index >= 15 is 0 Å². The van der Waals surface area contributed by atoms with Crippen molar-refractivity contribution in [1.29, 1.82) is 5.26 Å². The minimum Gasteiger partial charge on any atom is -0.508 e. The molecule has 0 unspecified atom stereocenters. The first-order valence-corrected chi connectivity index (χ1v) is 6.89. The molecule has 1 heterocycles. The summed E-state index contributed by atoms with van der Waals surface area (Å²) in [5, 5.41) is 23.6. The van der Waals surface area contributed by atoms with Gasteiger partial charge in [-0.05, 0) is 30.2 Å². The Hall–Kier alpha value is -3.40. The van der Waals surface area contributed by atoms with E-state index in [0.717, 1.165) is 5.56 Å². The molecule has 0 aliphatic carbocycles. The number of nitriles is 1. The molecule has 3 N–H and O–H groups in total. The highest BCUT2D eigenvalue weighted by Gasteiger charge is 2.08. The molecular formula is C16H15N5O2. The number of carbonyl (C=O) groups is 1. The zero-order chi connectivity index (χ0) is 16.5. The Bertz CT molecular complexity index is 720. The van der Waals surface area contributed by atoms with Crippen LogP contribution in [0.5, 0.6) is 5.75 Å². The number of amides is 1. The molecule has 0 aliphatic rings. The second-order valence-electron chi connectivity index (χ2n) is 4.56. The van der Waals surface area contributed by atoms with Crippen molar-refractivity contribution in [3.8, 4) is 11.8 Å². The molecule has 1 aromatic heterocycles. The number of hydrogen-bond acceptors (Lipinski definition) is 6. The molecule has 2 aromatic rings. The normalized spacial score (nSPS) is 10.7. The number of rotatable bonds is 6. The quantitative estimate of drug-likeness (QED) is 0.549. The van der Waals surface area contributed by atoms with E-state index in [4.69, 9.17) is 5.26 Å². The Balaban J connectivity index is 1.85. The SMILES string of the molecule is N#C/C(=C/Nc1ncccn1)C(=O)NCCc1ccc(O)cc1. The third kappa shape index (κ3) is 5.13. The van der Waals surface area contributed by atoms with E-state index in [9.17, 15) is 9.90 Å². The predicted octanol–water partition coefficient (Wildman–Crippen LogP) is 1.36. The van der Waals surface area contributed by atoms with E-state index in [1.807, 2.05) is 6.07 Å². The Morgan fingerprint density at radius 2 is 1.96 bits per heavy atom. The van der Waals surface area contributed by atoms with E-state index in [1.54, 1.807) is 42.7 Å². The minimum atomic E-state index is -0.477. The van der Waals surface area contributed by atoms with E-state index in [0.29, 0.717) is 18.9 Å². The fourth-order valence-corrected chi connectivity index (χ4v) is 1.74. The molecule has 0 saturated heterocycles. The van der Waals surface area contributed by atoms with Crippen molar-refractivity contribution in [1.82, 2.24) is 15.3 Å². The van der Waals surface area contributed by atoms with Crippen molar-refractivity contribution in [3.63, 3.8) is 0 Å². The third-order valence-corrected chi connectivity index (χ3v) is 2.91. The fraction of sp³-hybridized carbons (Fsp3) is 0.125. The van der Waals surface area contributed by atoms with Crippen LogP contribution in [0.4, 0.5) is 5.95 Å². The van der Waals surface area contributed by atoms with Crippen LogP contribution in [0.1, 0.15) is 5.56 Å². The van der Waals surface area contributed by atoms with Crippen molar-refractivity contribution >= 4 is 11.9 Å². The lowest BCUT2D eigenvalue weighted by Gasteiger charge is -2.05. The highest BCUT2D eigenvalue weighted by molar-refractivity contribution is 5.97. The first-order chi connectivity index (χ1) is 11.2. The second kappa shape index (κ2) is 8.14. The standard InChI is InChI=1S/C16H15N5O2/c17-10-13(11-21-16-19-7-1-8-20-16)15(23)18-9-6-12-2-4-14(22)5-3-12/h1-5,7-8,11,22H,6,9H2,(H,18,23)(H,19,20,21)/b13-11-. The molecule has 1 amide bonds. The summed E-state index contributed by atoms with van der Waals surface area (Å²) in [5.74, 6) is 0.0218. The average molecular weight is 309 g/mol. The van der Waals surface area contributed by atoms with Crippen molar-refractivity contribution in [3.05, 3.63) is 60.1 Å². The summed E-state index contributed by atoms with van der Waals surface area (Å²) >= 11 is 0. The van der Waals surface area contributed by atoms with Crippen molar-refractivity contribution in [2.75, 3.05) is 11.9 Å². The van der Waals surface area contributed by atoms with Crippen LogP contribution in [-0.2, 0) is 11.2 Å². The number of aromatic hydroxyl groups is 1. The topological polar surface area (TPSA) is 111 Å². The lowest BCUT2D eigenvalue weighted by Crippen LogP contribution is -2.27. The molecule has 7 nitrogen and oxygen atoms in total. The second-order valence-corrected chi connectivity index (χ2v) is 4.56. The summed E-state index contributed by atoms with van der Waals surface area (Å²) in [6.07, 6.45) is 4.96. The third-order valence-electron chi connectivity index (χ3n) is 2.91. The van der Waals surface area contributed by atoms with Crippen molar-refractivity contribution in [2.24, 2.45) is 0 Å². The fourth-order valence-electron chi connectivity index (χ4n) is 1.74. The largest absolute Gasteiger partial charge is 0.508 e. The van der Waals surface area contributed by atoms with Gasteiger partial charge in [0.25, 0.3) is 5.91 Å². The number of nitrogens with one attached hydrogen (secondary N) is 2. The summed E-state index contributed by atoms with van der Waals surface area (Å²) in [4.78, 5) is 19.8. The molecule has 0 bridgehead atoms. The van der Waals surface area contributed by atoms with Gasteiger partial charge in [-0.15, -0.1) is 0 Å². The maximum absolute atomic E-state index is 11.9. The number of anilines is 1. The molecular weight excluding hydrogens is 294 g/mol. The van der Waals surface area contributed by atoms with Gasteiger partial charge in [-0.1, -0.05) is 12.1 Å². The van der Waals surface area contributed by atoms with E-state index in [2.05, 4.69) is 20.6 Å². The Morgan fingerprint density at radius 1 is 1.26 bits per heavy atom. The maximum Gasteiger partial charge on any atom is 0.263 e. The number of phenolic OH excluding ortho intramolecular Hbond substituents is 1. The van der Waals surface area contributed by atoms with Gasteiger partial charge in [0.1, 0.15) is 17.4 Å². The highest BCUT2D eigenvalue weighted by atomic mass is 16.3. The Labute approximate surface area is 133 Å². The smallest absolute Gasteiger partial charge is 0.263 e. The molecule has 0 radical (unpaired) electrons. The monoisotopic (exact) mass is 309 g/mol. The number of phenols is 1. The minimum absolute atomic E-state index is 0.0665. The van der Waals surface area contributed by atoms with Crippen LogP contribution < -0.4 is 10.6 Å². The zero-order valence-corrected chi connectivity index (χ0v) is 12.2. The van der Waals surface area contributed by atoms with Gasteiger partial charge in [0.2, 0.25) is 5.95 Å². The predicted molar refractivity (Wildman–Crippen MR) is 84.2 cm³/mol. The van der Waals surface area contributed by atoms with Crippen molar-refractivity contribution in [2.45, 2.75) is 6.42 Å². The van der Waals surface area contributed by atoms with Crippen LogP contribution in [0.15, 0.2) is 54.5 Å². The summed E-state index contributed by atoms with van der Waals surface area (Å²) in [6, 6.07) is 10.2. The van der Waals surface area contributed by atoms with Crippen LogP contribution in [0.3, 0.4) is 0 Å². The number of carbonyl (C=O) groups excluding carboxylic acids is 1. The number of nitrogens with zero attached hydrogens (tertiary/aromatic N) is 3. The summed E-state index contributed by atoms with van der Waals surface area (Å²) in [6.45, 7) is 0.379. The lowest BCUT2D eigenvalue weighted by molar-refractivity contribution is -0.117. The van der Waals surface area contributed by atoms with Gasteiger partial charge in [0.15, 0.2) is 0 Å². The molecule has 7 heteroatoms. The summed E-state index contributed by atoms with van der Waals surface area (Å²) in [7, 11) is 0. The molecule has 23 heavy (non-hydrogen) atoms. The molecule has 0 saturated carbocycles. The van der Waals surface area contributed by atoms with Gasteiger partial charge in [0.05, 0.1) is 0 Å². The average Bonchev–Trinajstić information content (AvgIpc) is 2.58. The number of hydrogen-bond donors (Lipinski definition) is 3. The molecule has 0 spiro atoms. The molecule has 1 aromatic carbocycles.